The smallest absolute Gasteiger partial charge is 0.339 e. The van der Waals surface area contributed by atoms with E-state index in [4.69, 9.17) is 0 Å². The lowest BCUT2D eigenvalue weighted by Crippen LogP contribution is -2.47. The van der Waals surface area contributed by atoms with Gasteiger partial charge in [-0.15, -0.1) is 0 Å². The minimum Gasteiger partial charge on any atom is -0.339 e. The van der Waals surface area contributed by atoms with Gasteiger partial charge in [-0.05, 0) is 43.5 Å². The molecule has 0 spiro atoms. The third-order valence-electron chi connectivity index (χ3n) is 4.51. The molecule has 0 atom stereocenters. The minimum absolute atomic E-state index is 0.122. The molecule has 28 heavy (non-hydrogen) atoms. The van der Waals surface area contributed by atoms with Crippen molar-refractivity contribution in [3.63, 3.8) is 0 Å². The van der Waals surface area contributed by atoms with Crippen molar-refractivity contribution in [2.24, 2.45) is 0 Å². The topological polar surface area (TPSA) is 77.9 Å². The molecular formula is C18H23F3N2O4S. The van der Waals surface area contributed by atoms with Crippen molar-refractivity contribution in [3.8, 4) is 0 Å². The summed E-state index contributed by atoms with van der Waals surface area (Å²) in [6, 6.07) is 2.42. The highest BCUT2D eigenvalue weighted by Gasteiger charge is 2.36. The molecule has 2 rings (SSSR count). The van der Waals surface area contributed by atoms with Crippen LogP contribution < -0.4 is 0 Å². The average Bonchev–Trinajstić information content (AvgIpc) is 2.67. The van der Waals surface area contributed by atoms with E-state index in [2.05, 4.69) is 0 Å². The van der Waals surface area contributed by atoms with E-state index in [-0.39, 0.29) is 36.3 Å². The van der Waals surface area contributed by atoms with Crippen LogP contribution in [0.3, 0.4) is 0 Å². The van der Waals surface area contributed by atoms with E-state index in [0.717, 1.165) is 31.0 Å². The van der Waals surface area contributed by atoms with Crippen LogP contribution in [0.15, 0.2) is 41.3 Å². The molecule has 1 aliphatic rings. The fourth-order valence-corrected chi connectivity index (χ4v) is 4.25. The third-order valence-corrected chi connectivity index (χ3v) is 6.15. The highest BCUT2D eigenvalue weighted by molar-refractivity contribution is 7.89. The lowest BCUT2D eigenvalue weighted by molar-refractivity contribution is -0.137. The predicted molar refractivity (Wildman–Crippen MR) is 95.9 cm³/mol. The Morgan fingerprint density at radius 3 is 2.54 bits per heavy atom. The number of allylic oxidation sites excluding steroid dienone is 1. The molecule has 1 saturated heterocycles. The number of hydrogen-bond acceptors (Lipinski definition) is 4. The van der Waals surface area contributed by atoms with Gasteiger partial charge >= 0.3 is 6.18 Å². The zero-order valence-corrected chi connectivity index (χ0v) is 16.2. The molecule has 6 nitrogen and oxygen atoms in total. The standard InChI is InChI=1S/C18H23F3N2O4S/c1-2-3-4-8-17(24)22-11-9-15(10-12-22)23(25)28(26,27)16-7-5-6-14(13-16)18(19,20)21/h4-8,13,15,25H,2-3,9-12H2,1H3/b8-4+. The van der Waals surface area contributed by atoms with Crippen LogP contribution in [0.1, 0.15) is 38.2 Å². The summed E-state index contributed by atoms with van der Waals surface area (Å²) in [5.41, 5.74) is -1.11. The summed E-state index contributed by atoms with van der Waals surface area (Å²) in [7, 11) is -4.51. The van der Waals surface area contributed by atoms with Crippen LogP contribution in [0.5, 0.6) is 0 Å². The number of rotatable bonds is 6. The monoisotopic (exact) mass is 420 g/mol. The summed E-state index contributed by atoms with van der Waals surface area (Å²) in [5.74, 6) is -0.183. The van der Waals surface area contributed by atoms with E-state index in [1.54, 1.807) is 11.0 Å². The Morgan fingerprint density at radius 2 is 1.96 bits per heavy atom. The van der Waals surface area contributed by atoms with Crippen molar-refractivity contribution < 1.29 is 31.6 Å². The van der Waals surface area contributed by atoms with Gasteiger partial charge in [0.15, 0.2) is 0 Å². The van der Waals surface area contributed by atoms with Gasteiger partial charge in [-0.1, -0.05) is 30.0 Å². The summed E-state index contributed by atoms with van der Waals surface area (Å²) in [5, 5.41) is 10.2. The van der Waals surface area contributed by atoms with E-state index in [1.807, 2.05) is 6.92 Å². The van der Waals surface area contributed by atoms with Gasteiger partial charge in [0, 0.05) is 13.1 Å². The van der Waals surface area contributed by atoms with Crippen LogP contribution in [0, 0.1) is 0 Å². The summed E-state index contributed by atoms with van der Waals surface area (Å²) >= 11 is 0. The van der Waals surface area contributed by atoms with Gasteiger partial charge in [-0.25, -0.2) is 8.42 Å². The van der Waals surface area contributed by atoms with Gasteiger partial charge in [0.25, 0.3) is 10.0 Å². The molecule has 0 unspecified atom stereocenters. The number of likely N-dealkylation sites (tertiary alicyclic amines) is 1. The molecule has 0 bridgehead atoms. The number of hydrogen-bond donors (Lipinski definition) is 1. The Kier molecular flexibility index (Phi) is 7.24. The minimum atomic E-state index is -4.69. The van der Waals surface area contributed by atoms with Gasteiger partial charge in [-0.3, -0.25) is 10.0 Å². The fraction of sp³-hybridized carbons (Fsp3) is 0.500. The van der Waals surface area contributed by atoms with Gasteiger partial charge in [-0.2, -0.15) is 13.2 Å². The normalized spacial score (nSPS) is 16.9. The second-order valence-corrected chi connectivity index (χ2v) is 8.35. The number of piperidine rings is 1. The number of carbonyl (C=O) groups excluding carboxylic acids is 1. The van der Waals surface area contributed by atoms with Crippen LogP contribution >= 0.6 is 0 Å². The molecule has 0 aliphatic carbocycles. The second-order valence-electron chi connectivity index (χ2n) is 6.55. The second kappa shape index (κ2) is 9.06. The molecule has 1 aromatic carbocycles. The predicted octanol–water partition coefficient (Wildman–Crippen LogP) is 3.43. The summed E-state index contributed by atoms with van der Waals surface area (Å²) in [4.78, 5) is 13.0. The maximum atomic E-state index is 12.8. The fourth-order valence-electron chi connectivity index (χ4n) is 2.90. The van der Waals surface area contributed by atoms with Crippen molar-refractivity contribution in [1.82, 2.24) is 9.37 Å². The van der Waals surface area contributed by atoms with Crippen LogP contribution in [0.25, 0.3) is 0 Å². The van der Waals surface area contributed by atoms with Crippen molar-refractivity contribution in [2.45, 2.75) is 49.7 Å². The molecule has 1 fully saturated rings. The molecule has 0 radical (unpaired) electrons. The van der Waals surface area contributed by atoms with Gasteiger partial charge in [0.1, 0.15) is 0 Å². The Balaban J connectivity index is 2.06. The number of halogens is 3. The van der Waals surface area contributed by atoms with Crippen LogP contribution in [0.4, 0.5) is 13.2 Å². The third kappa shape index (κ3) is 5.33. The van der Waals surface area contributed by atoms with E-state index >= 15 is 0 Å². The molecule has 1 aromatic rings. The van der Waals surface area contributed by atoms with Gasteiger partial charge < -0.3 is 4.90 Å². The zero-order valence-electron chi connectivity index (χ0n) is 15.4. The first-order chi connectivity index (χ1) is 13.1. The van der Waals surface area contributed by atoms with E-state index in [1.165, 1.54) is 6.08 Å². The number of hydroxylamine groups is 1. The molecule has 10 heteroatoms. The number of sulfonamides is 1. The van der Waals surface area contributed by atoms with Crippen molar-refractivity contribution in [1.29, 1.82) is 0 Å². The van der Waals surface area contributed by atoms with Crippen molar-refractivity contribution >= 4 is 15.9 Å². The SMILES string of the molecule is CCC/C=C/C(=O)N1CCC(N(O)S(=O)(=O)c2cccc(C(F)(F)F)c2)CC1. The maximum Gasteiger partial charge on any atom is 0.416 e. The lowest BCUT2D eigenvalue weighted by Gasteiger charge is -2.34. The van der Waals surface area contributed by atoms with Crippen molar-refractivity contribution in [3.05, 3.63) is 42.0 Å². The molecule has 1 amide bonds. The molecule has 1 N–H and O–H groups in total. The Labute approximate surface area is 162 Å². The molecule has 1 heterocycles. The summed E-state index contributed by atoms with van der Waals surface area (Å²) < 4.78 is 63.6. The van der Waals surface area contributed by atoms with Crippen LogP contribution in [-0.2, 0) is 21.0 Å². The zero-order chi connectivity index (χ0) is 20.9. The number of unbranched alkanes of at least 4 members (excludes halogenated alkanes) is 1. The molecule has 156 valence electrons. The Bertz CT molecular complexity index is 816. The first kappa shape index (κ1) is 22.4. The van der Waals surface area contributed by atoms with Gasteiger partial charge in [0.05, 0.1) is 16.5 Å². The highest BCUT2D eigenvalue weighted by Crippen LogP contribution is 2.31. The lowest BCUT2D eigenvalue weighted by atomic mass is 10.1. The quantitative estimate of drug-likeness (QED) is 0.565. The van der Waals surface area contributed by atoms with E-state index in [9.17, 15) is 31.6 Å². The summed E-state index contributed by atoms with van der Waals surface area (Å²) in [6.07, 6.45) is 0.609. The number of amides is 1. The van der Waals surface area contributed by atoms with E-state index in [0.29, 0.717) is 6.07 Å². The largest absolute Gasteiger partial charge is 0.416 e. The molecular weight excluding hydrogens is 397 g/mol. The van der Waals surface area contributed by atoms with Crippen molar-refractivity contribution in [2.75, 3.05) is 13.1 Å². The highest BCUT2D eigenvalue weighted by atomic mass is 32.2. The summed E-state index contributed by atoms with van der Waals surface area (Å²) in [6.45, 7) is 2.48. The van der Waals surface area contributed by atoms with Crippen LogP contribution in [0.2, 0.25) is 0 Å². The molecule has 0 saturated carbocycles. The maximum absolute atomic E-state index is 12.8. The average molecular weight is 420 g/mol. The van der Waals surface area contributed by atoms with Crippen LogP contribution in [-0.4, -0.2) is 48.0 Å². The first-order valence-corrected chi connectivity index (χ1v) is 10.4. The Hall–Kier alpha value is -1.91. The molecule has 1 aliphatic heterocycles. The number of carbonyl (C=O) groups is 1. The van der Waals surface area contributed by atoms with Gasteiger partial charge in [0.2, 0.25) is 5.91 Å². The number of benzene rings is 1. The number of nitrogens with zero attached hydrogens (tertiary/aromatic N) is 2. The first-order valence-electron chi connectivity index (χ1n) is 8.93. The van der Waals surface area contributed by atoms with E-state index < -0.39 is 32.7 Å². The molecule has 0 aromatic heterocycles. The Morgan fingerprint density at radius 1 is 1.32 bits per heavy atom. The number of alkyl halides is 3.